The van der Waals surface area contributed by atoms with Crippen molar-refractivity contribution in [2.45, 2.75) is 57.7 Å². The highest BCUT2D eigenvalue weighted by atomic mass is 19.4. The zero-order valence-electron chi connectivity index (χ0n) is 21.5. The quantitative estimate of drug-likeness (QED) is 0.293. The van der Waals surface area contributed by atoms with E-state index in [0.29, 0.717) is 23.4 Å². The molecule has 38 heavy (non-hydrogen) atoms. The van der Waals surface area contributed by atoms with Crippen molar-refractivity contribution in [1.82, 2.24) is 24.6 Å². The summed E-state index contributed by atoms with van der Waals surface area (Å²) in [7, 11) is 1.88. The van der Waals surface area contributed by atoms with Gasteiger partial charge in [-0.15, -0.1) is 10.2 Å². The van der Waals surface area contributed by atoms with Crippen LogP contribution in [0.4, 0.5) is 13.2 Å². The van der Waals surface area contributed by atoms with Crippen LogP contribution in [0.3, 0.4) is 0 Å². The number of alkyl halides is 3. The molecule has 2 saturated carbocycles. The standard InChI is InChI=1S/C26H27F3N2O.C3H5N3/c27-26(28,29)21-13-19(15-31-10-9-25(16-31)7-8-25)14-22-23(21)32-24(30-22)20-6-2-5-18(12-20)11-17-3-1-4-17;1-6-2-4-5-3-6/h2,5-6,12-14,17H,1,3-4,7-11,15-16H2;2-3H,1H3. The van der Waals surface area contributed by atoms with Crippen LogP contribution in [0, 0.1) is 11.3 Å². The lowest BCUT2D eigenvalue weighted by Gasteiger charge is -2.25. The third kappa shape index (κ3) is 5.48. The van der Waals surface area contributed by atoms with Crippen LogP contribution in [-0.4, -0.2) is 37.7 Å². The molecule has 0 unspecified atom stereocenters. The van der Waals surface area contributed by atoms with Crippen molar-refractivity contribution in [3.63, 3.8) is 0 Å². The lowest BCUT2D eigenvalue weighted by Crippen LogP contribution is -2.20. The van der Waals surface area contributed by atoms with Gasteiger partial charge in [-0.25, -0.2) is 4.98 Å². The topological polar surface area (TPSA) is 60.0 Å². The molecule has 1 aliphatic heterocycles. The Hall–Kier alpha value is -3.20. The number of fused-ring (bicyclic) bond motifs is 1. The number of hydrogen-bond donors (Lipinski definition) is 0. The SMILES string of the molecule is Cn1cnnc1.FC(F)(F)c1cc(CN2CCC3(CC3)C2)cc2nc(-c3cccc(CC4CCC4)c3)oc12. The summed E-state index contributed by atoms with van der Waals surface area (Å²) < 4.78 is 49.2. The highest BCUT2D eigenvalue weighted by molar-refractivity contribution is 5.81. The van der Waals surface area contributed by atoms with Crippen molar-refractivity contribution in [2.24, 2.45) is 18.4 Å². The van der Waals surface area contributed by atoms with Gasteiger partial charge in [-0.2, -0.15) is 13.2 Å². The lowest BCUT2D eigenvalue weighted by molar-refractivity contribution is -0.136. The number of aromatic nitrogens is 4. The van der Waals surface area contributed by atoms with Gasteiger partial charge in [0.15, 0.2) is 5.58 Å². The molecule has 0 amide bonds. The van der Waals surface area contributed by atoms with Crippen molar-refractivity contribution >= 4 is 11.1 Å². The predicted octanol–water partition coefficient (Wildman–Crippen LogP) is 6.66. The first-order chi connectivity index (χ1) is 18.3. The summed E-state index contributed by atoms with van der Waals surface area (Å²) in [5, 5.41) is 7.07. The van der Waals surface area contributed by atoms with Crippen LogP contribution in [0.5, 0.6) is 0 Å². The van der Waals surface area contributed by atoms with E-state index in [9.17, 15) is 13.2 Å². The van der Waals surface area contributed by atoms with E-state index >= 15 is 0 Å². The molecule has 2 aromatic carbocycles. The van der Waals surface area contributed by atoms with E-state index < -0.39 is 11.7 Å². The van der Waals surface area contributed by atoms with Gasteiger partial charge in [0.1, 0.15) is 23.7 Å². The molecule has 1 saturated heterocycles. The molecule has 6 nitrogen and oxygen atoms in total. The number of benzene rings is 2. The normalized spacial score (nSPS) is 18.9. The maximum atomic E-state index is 13.9. The summed E-state index contributed by atoms with van der Waals surface area (Å²) in [5.74, 6) is 0.977. The Bertz CT molecular complexity index is 1400. The second-order valence-electron chi connectivity index (χ2n) is 11.3. The molecule has 0 radical (unpaired) electrons. The van der Waals surface area contributed by atoms with Gasteiger partial charge in [0.25, 0.3) is 0 Å². The van der Waals surface area contributed by atoms with E-state index in [1.807, 2.05) is 25.2 Å². The molecule has 0 N–H and O–H groups in total. The van der Waals surface area contributed by atoms with Crippen molar-refractivity contribution in [2.75, 3.05) is 13.1 Å². The largest absolute Gasteiger partial charge is 0.435 e. The molecule has 200 valence electrons. The van der Waals surface area contributed by atoms with Gasteiger partial charge < -0.3 is 8.98 Å². The van der Waals surface area contributed by atoms with Crippen LogP contribution in [0.25, 0.3) is 22.6 Å². The Morgan fingerprint density at radius 3 is 2.42 bits per heavy atom. The summed E-state index contributed by atoms with van der Waals surface area (Å²) in [6, 6.07) is 10.9. The number of oxazole rings is 1. The maximum absolute atomic E-state index is 13.9. The average molecular weight is 524 g/mol. The van der Waals surface area contributed by atoms with E-state index in [4.69, 9.17) is 4.42 Å². The second-order valence-corrected chi connectivity index (χ2v) is 11.3. The summed E-state index contributed by atoms with van der Waals surface area (Å²) in [5.41, 5.74) is 2.42. The van der Waals surface area contributed by atoms with Gasteiger partial charge in [-0.1, -0.05) is 31.4 Å². The summed E-state index contributed by atoms with van der Waals surface area (Å²) in [6.45, 7) is 2.47. The maximum Gasteiger partial charge on any atom is 0.420 e. The molecule has 3 fully saturated rings. The number of halogens is 3. The van der Waals surface area contributed by atoms with Crippen LogP contribution >= 0.6 is 0 Å². The summed E-state index contributed by atoms with van der Waals surface area (Å²) in [4.78, 5) is 6.78. The van der Waals surface area contributed by atoms with Gasteiger partial charge in [0.05, 0.1) is 0 Å². The monoisotopic (exact) mass is 523 g/mol. The minimum absolute atomic E-state index is 0.166. The third-order valence-electron chi connectivity index (χ3n) is 8.19. The molecule has 3 aliphatic rings. The molecule has 7 rings (SSSR count). The first-order valence-corrected chi connectivity index (χ1v) is 13.4. The van der Waals surface area contributed by atoms with E-state index in [1.165, 1.54) is 43.7 Å². The first kappa shape index (κ1) is 25.1. The van der Waals surface area contributed by atoms with E-state index in [-0.39, 0.29) is 17.0 Å². The van der Waals surface area contributed by atoms with Crippen molar-refractivity contribution < 1.29 is 17.6 Å². The van der Waals surface area contributed by atoms with Gasteiger partial charge >= 0.3 is 6.18 Å². The fourth-order valence-electron chi connectivity index (χ4n) is 5.64. The molecular weight excluding hydrogens is 491 g/mol. The smallest absolute Gasteiger partial charge is 0.420 e. The Morgan fingerprint density at radius 1 is 1.03 bits per heavy atom. The van der Waals surface area contributed by atoms with Gasteiger partial charge in [0, 0.05) is 25.7 Å². The minimum Gasteiger partial charge on any atom is -0.435 e. The Balaban J connectivity index is 0.000000390. The van der Waals surface area contributed by atoms with Crippen LogP contribution in [-0.2, 0) is 26.2 Å². The number of hydrogen-bond acceptors (Lipinski definition) is 5. The number of rotatable bonds is 5. The van der Waals surface area contributed by atoms with Crippen molar-refractivity contribution in [1.29, 1.82) is 0 Å². The zero-order valence-corrected chi connectivity index (χ0v) is 21.5. The number of aryl methyl sites for hydroxylation is 1. The zero-order chi connectivity index (χ0) is 26.3. The van der Waals surface area contributed by atoms with Crippen LogP contribution in [0.1, 0.15) is 55.2 Å². The van der Waals surface area contributed by atoms with Crippen LogP contribution in [0.15, 0.2) is 53.5 Å². The molecule has 9 heteroatoms. The molecule has 2 aliphatic carbocycles. The highest BCUT2D eigenvalue weighted by Gasteiger charge is 2.47. The van der Waals surface area contributed by atoms with E-state index in [0.717, 1.165) is 31.5 Å². The molecule has 3 heterocycles. The first-order valence-electron chi connectivity index (χ1n) is 13.4. The summed E-state index contributed by atoms with van der Waals surface area (Å²) >= 11 is 0. The number of likely N-dealkylation sites (tertiary alicyclic amines) is 1. The second kappa shape index (κ2) is 9.84. The Labute approximate surface area is 219 Å². The predicted molar refractivity (Wildman–Crippen MR) is 138 cm³/mol. The van der Waals surface area contributed by atoms with Gasteiger partial charge in [-0.05, 0) is 79.0 Å². The van der Waals surface area contributed by atoms with Crippen molar-refractivity contribution in [3.8, 4) is 11.5 Å². The van der Waals surface area contributed by atoms with Crippen molar-refractivity contribution in [3.05, 3.63) is 65.7 Å². The molecular formula is C29H32F3N5O. The minimum atomic E-state index is -4.49. The van der Waals surface area contributed by atoms with Gasteiger partial charge in [-0.3, -0.25) is 4.90 Å². The molecule has 1 spiro atoms. The van der Waals surface area contributed by atoms with E-state index in [1.54, 1.807) is 23.3 Å². The van der Waals surface area contributed by atoms with E-state index in [2.05, 4.69) is 26.1 Å². The molecule has 2 aromatic heterocycles. The molecule has 4 aromatic rings. The summed E-state index contributed by atoms with van der Waals surface area (Å²) in [6.07, 6.45) is 7.25. The van der Waals surface area contributed by atoms with Crippen LogP contribution in [0.2, 0.25) is 0 Å². The van der Waals surface area contributed by atoms with Crippen LogP contribution < -0.4 is 0 Å². The Morgan fingerprint density at radius 2 is 1.82 bits per heavy atom. The fraction of sp³-hybridized carbons (Fsp3) is 0.483. The lowest BCUT2D eigenvalue weighted by atomic mass is 9.81. The Kier molecular flexibility index (Phi) is 6.50. The van der Waals surface area contributed by atoms with Gasteiger partial charge in [0.2, 0.25) is 5.89 Å². The fourth-order valence-corrected chi connectivity index (χ4v) is 5.64. The molecule has 0 atom stereocenters. The highest BCUT2D eigenvalue weighted by Crippen LogP contribution is 2.53. The molecule has 0 bridgehead atoms. The number of nitrogens with zero attached hydrogens (tertiary/aromatic N) is 5. The third-order valence-corrected chi connectivity index (χ3v) is 8.19. The average Bonchev–Trinajstić information content (AvgIpc) is 3.18.